The van der Waals surface area contributed by atoms with Gasteiger partial charge in [0.2, 0.25) is 0 Å². The molecule has 0 bridgehead atoms. The van der Waals surface area contributed by atoms with Gasteiger partial charge < -0.3 is 0 Å². The van der Waals surface area contributed by atoms with Gasteiger partial charge in [0.05, 0.1) is 0 Å². The maximum Gasteiger partial charge on any atom is 2.00 e. The normalized spacial score (nSPS) is 10.8. The molecular formula is C18H31PTi. The quantitative estimate of drug-likeness (QED) is 0.251. The summed E-state index contributed by atoms with van der Waals surface area (Å²) in [5.41, 5.74) is 2.13. The second-order valence-corrected chi connectivity index (χ2v) is 7.83. The molecule has 0 spiro atoms. The second kappa shape index (κ2) is 19.1. The van der Waals surface area contributed by atoms with Crippen LogP contribution in [-0.4, -0.2) is 18.5 Å². The van der Waals surface area contributed by atoms with Crippen LogP contribution in [0.15, 0.2) is 35.5 Å². The Morgan fingerprint density at radius 2 is 1.65 bits per heavy atom. The fourth-order valence-corrected chi connectivity index (χ4v) is 2.81. The van der Waals surface area contributed by atoms with E-state index < -0.39 is 0 Å². The Labute approximate surface area is 144 Å². The smallest absolute Gasteiger partial charge is 0.290 e. The van der Waals surface area contributed by atoms with E-state index in [9.17, 15) is 0 Å². The summed E-state index contributed by atoms with van der Waals surface area (Å²) < 4.78 is 0. The van der Waals surface area contributed by atoms with Crippen LogP contribution in [0.25, 0.3) is 0 Å². The molecule has 0 aliphatic heterocycles. The van der Waals surface area contributed by atoms with Gasteiger partial charge in [0.25, 0.3) is 0 Å². The standard InChI is InChI=1S/C7H11.C6H15P.C5H5.Ti/c1-6(2)5-7(3)4;1-4-7(5-2)6-3;1-2-4-5-3-1;/h1,5H,2-4H3;4-6H2,1-3H3;1-3H,4H2;/q-1;;-1;+2. The zero-order valence-electron chi connectivity index (χ0n) is 14.2. The van der Waals surface area contributed by atoms with Gasteiger partial charge in [0, 0.05) is 0 Å². The van der Waals surface area contributed by atoms with Crippen LogP contribution >= 0.6 is 7.92 Å². The monoisotopic (exact) mass is 326 g/mol. The Morgan fingerprint density at radius 3 is 1.70 bits per heavy atom. The van der Waals surface area contributed by atoms with Crippen molar-refractivity contribution in [2.45, 2.75) is 48.0 Å². The van der Waals surface area contributed by atoms with Crippen LogP contribution < -0.4 is 0 Å². The summed E-state index contributed by atoms with van der Waals surface area (Å²) in [6.07, 6.45) is 16.2. The van der Waals surface area contributed by atoms with Crippen molar-refractivity contribution in [2.75, 3.05) is 18.5 Å². The molecule has 20 heavy (non-hydrogen) atoms. The maximum absolute atomic E-state index is 5.33. The minimum atomic E-state index is 0. The summed E-state index contributed by atoms with van der Waals surface area (Å²) in [6, 6.07) is 0. The molecule has 0 unspecified atom stereocenters. The zero-order valence-corrected chi connectivity index (χ0v) is 16.6. The van der Waals surface area contributed by atoms with Crippen LogP contribution in [0.3, 0.4) is 0 Å². The van der Waals surface area contributed by atoms with Gasteiger partial charge >= 0.3 is 21.7 Å². The van der Waals surface area contributed by atoms with Gasteiger partial charge in [0.1, 0.15) is 0 Å². The van der Waals surface area contributed by atoms with Crippen molar-refractivity contribution in [2.24, 2.45) is 0 Å². The van der Waals surface area contributed by atoms with E-state index in [4.69, 9.17) is 6.58 Å². The van der Waals surface area contributed by atoms with Gasteiger partial charge in [-0.25, -0.2) is 23.8 Å². The van der Waals surface area contributed by atoms with Crippen molar-refractivity contribution in [3.8, 4) is 0 Å². The van der Waals surface area contributed by atoms with Crippen molar-refractivity contribution in [3.63, 3.8) is 0 Å². The average Bonchev–Trinajstić information content (AvgIpc) is 2.89. The van der Waals surface area contributed by atoms with Crippen molar-refractivity contribution >= 4 is 7.92 Å². The third kappa shape index (κ3) is 23.2. The van der Waals surface area contributed by atoms with Gasteiger partial charge in [0.15, 0.2) is 0 Å². The first-order valence-corrected chi connectivity index (χ1v) is 9.05. The first-order valence-electron chi connectivity index (χ1n) is 7.15. The van der Waals surface area contributed by atoms with Gasteiger partial charge in [-0.05, 0) is 18.5 Å². The van der Waals surface area contributed by atoms with E-state index in [1.54, 1.807) is 0 Å². The third-order valence-electron chi connectivity index (χ3n) is 2.44. The molecule has 0 saturated carbocycles. The van der Waals surface area contributed by atoms with E-state index in [2.05, 4.69) is 32.9 Å². The van der Waals surface area contributed by atoms with E-state index in [1.807, 2.05) is 39.0 Å². The van der Waals surface area contributed by atoms with Gasteiger partial charge in [-0.2, -0.15) is 11.6 Å². The molecule has 0 saturated heterocycles. The van der Waals surface area contributed by atoms with Gasteiger partial charge in [-0.15, -0.1) is 14.3 Å². The minimum Gasteiger partial charge on any atom is -0.290 e. The second-order valence-electron chi connectivity index (χ2n) is 4.59. The van der Waals surface area contributed by atoms with Crippen molar-refractivity contribution in [1.29, 1.82) is 0 Å². The summed E-state index contributed by atoms with van der Waals surface area (Å²) in [5.74, 6) is 0. The average molecular weight is 326 g/mol. The van der Waals surface area contributed by atoms with E-state index in [0.717, 1.165) is 12.0 Å². The largest absolute Gasteiger partial charge is 2.00 e. The fourth-order valence-electron chi connectivity index (χ4n) is 1.47. The Balaban J connectivity index is -0.000000214. The third-order valence-corrected chi connectivity index (χ3v) is 5.13. The molecule has 1 aliphatic rings. The fraction of sp³-hybridized carbons (Fsp3) is 0.556. The number of allylic oxidation sites excluding steroid dienone is 7. The van der Waals surface area contributed by atoms with Crippen molar-refractivity contribution in [1.82, 2.24) is 0 Å². The number of hydrogen-bond acceptors (Lipinski definition) is 0. The molecule has 0 nitrogen and oxygen atoms in total. The van der Waals surface area contributed by atoms with E-state index in [0.29, 0.717) is 7.92 Å². The van der Waals surface area contributed by atoms with Crippen LogP contribution in [0, 0.1) is 12.7 Å². The molecule has 1 aliphatic carbocycles. The topological polar surface area (TPSA) is 0 Å². The summed E-state index contributed by atoms with van der Waals surface area (Å²) >= 11 is 0. The molecule has 0 aromatic heterocycles. The zero-order chi connectivity index (χ0) is 15.1. The molecule has 0 fully saturated rings. The van der Waals surface area contributed by atoms with Crippen molar-refractivity contribution in [3.05, 3.63) is 48.1 Å². The van der Waals surface area contributed by atoms with E-state index >= 15 is 0 Å². The summed E-state index contributed by atoms with van der Waals surface area (Å²) in [5, 5.41) is 0. The summed E-state index contributed by atoms with van der Waals surface area (Å²) in [7, 11) is 0.446. The molecular weight excluding hydrogens is 295 g/mol. The summed E-state index contributed by atoms with van der Waals surface area (Å²) in [4.78, 5) is 0. The Kier molecular flexibility index (Phi) is 24.0. The molecule has 2 heteroatoms. The molecule has 0 heterocycles. The minimum absolute atomic E-state index is 0. The van der Waals surface area contributed by atoms with Gasteiger partial charge in [-0.1, -0.05) is 41.5 Å². The molecule has 0 radical (unpaired) electrons. The molecule has 0 atom stereocenters. The predicted octanol–water partition coefficient (Wildman–Crippen LogP) is 6.16. The summed E-state index contributed by atoms with van der Waals surface area (Å²) in [6.45, 7) is 18.1. The SMILES string of the molecule is CCP(CC)CC.[C-]1=CC=CC1.[CH-]=C(C)C=C(C)C.[Ti+2]. The Bertz CT molecular complexity index is 277. The molecule has 0 N–H and O–H groups in total. The molecule has 0 amide bonds. The predicted molar refractivity (Wildman–Crippen MR) is 93.0 cm³/mol. The Morgan fingerprint density at radius 1 is 1.15 bits per heavy atom. The number of hydrogen-bond donors (Lipinski definition) is 0. The first kappa shape index (κ1) is 25.1. The first-order chi connectivity index (χ1) is 8.97. The van der Waals surface area contributed by atoms with Crippen molar-refractivity contribution < 1.29 is 21.7 Å². The number of rotatable bonds is 4. The Hall–Kier alpha value is 0.104. The van der Waals surface area contributed by atoms with E-state index in [-0.39, 0.29) is 21.7 Å². The van der Waals surface area contributed by atoms with Crippen LogP contribution in [0.5, 0.6) is 0 Å². The van der Waals surface area contributed by atoms with Crippen LogP contribution in [-0.2, 0) is 21.7 Å². The van der Waals surface area contributed by atoms with E-state index in [1.165, 1.54) is 24.1 Å². The van der Waals surface area contributed by atoms with Crippen LogP contribution in [0.1, 0.15) is 48.0 Å². The molecule has 1 rings (SSSR count). The maximum atomic E-state index is 5.33. The molecule has 112 valence electrons. The molecule has 0 aromatic carbocycles. The molecule has 0 aromatic rings. The van der Waals surface area contributed by atoms with Crippen LogP contribution in [0.4, 0.5) is 0 Å². The van der Waals surface area contributed by atoms with Gasteiger partial charge in [-0.3, -0.25) is 12.7 Å². The van der Waals surface area contributed by atoms with Crippen LogP contribution in [0.2, 0.25) is 0 Å².